The highest BCUT2D eigenvalue weighted by Gasteiger charge is 2.30. The number of rotatable bonds is 4. The van der Waals surface area contributed by atoms with Crippen molar-refractivity contribution in [2.75, 3.05) is 6.61 Å². The number of carbonyl (C=O) groups is 1. The molecule has 0 amide bonds. The third-order valence-corrected chi connectivity index (χ3v) is 2.15. The highest BCUT2D eigenvalue weighted by Crippen LogP contribution is 2.29. The summed E-state index contributed by atoms with van der Waals surface area (Å²) in [5.74, 6) is -0.500. The number of esters is 1. The van der Waals surface area contributed by atoms with E-state index in [0.717, 1.165) is 5.57 Å². The molecule has 0 rings (SSSR count). The van der Waals surface area contributed by atoms with E-state index in [1.54, 1.807) is 0 Å². The molecule has 0 spiro atoms. The van der Waals surface area contributed by atoms with Gasteiger partial charge in [-0.1, -0.05) is 32.4 Å². The maximum atomic E-state index is 11.8. The smallest absolute Gasteiger partial charge is 0.313 e. The average molecular weight is 223 g/mol. The Labute approximate surface area is 98.1 Å². The van der Waals surface area contributed by atoms with E-state index in [2.05, 4.69) is 0 Å². The minimum atomic E-state index is -0.254. The number of hydrogen-bond acceptors (Lipinski definition) is 3. The molecule has 0 aromatic heterocycles. The number of carbonyl (C=O) groups excluding carboxylic acids is 1. The van der Waals surface area contributed by atoms with Crippen LogP contribution in [0, 0.1) is 22.7 Å². The standard InChI is InChI=1S/C13H21NO2/c1-10(2)9-11(13(3,4)5)12(15)16-8-6-7-14/h9,11H,6,8H2,1-5H3. The van der Waals surface area contributed by atoms with Crippen LogP contribution in [0.3, 0.4) is 0 Å². The maximum Gasteiger partial charge on any atom is 0.313 e. The summed E-state index contributed by atoms with van der Waals surface area (Å²) in [4.78, 5) is 11.8. The summed E-state index contributed by atoms with van der Waals surface area (Å²) in [5.41, 5.74) is 0.929. The minimum Gasteiger partial charge on any atom is -0.464 e. The van der Waals surface area contributed by atoms with E-state index in [4.69, 9.17) is 10.00 Å². The first kappa shape index (κ1) is 14.7. The van der Waals surface area contributed by atoms with Gasteiger partial charge in [0.25, 0.3) is 0 Å². The Bertz CT molecular complexity index is 301. The van der Waals surface area contributed by atoms with Crippen LogP contribution in [0.15, 0.2) is 11.6 Å². The van der Waals surface area contributed by atoms with Crippen LogP contribution in [-0.2, 0) is 9.53 Å². The van der Waals surface area contributed by atoms with Gasteiger partial charge in [0.2, 0.25) is 0 Å². The largest absolute Gasteiger partial charge is 0.464 e. The van der Waals surface area contributed by atoms with E-state index in [1.165, 1.54) is 0 Å². The van der Waals surface area contributed by atoms with E-state index >= 15 is 0 Å². The highest BCUT2D eigenvalue weighted by molar-refractivity contribution is 5.75. The van der Waals surface area contributed by atoms with Gasteiger partial charge in [0.1, 0.15) is 6.61 Å². The second-order valence-corrected chi connectivity index (χ2v) is 5.16. The summed E-state index contributed by atoms with van der Waals surface area (Å²) >= 11 is 0. The van der Waals surface area contributed by atoms with Crippen molar-refractivity contribution in [1.29, 1.82) is 5.26 Å². The Balaban J connectivity index is 4.61. The predicted molar refractivity (Wildman–Crippen MR) is 63.6 cm³/mol. The first-order valence-electron chi connectivity index (χ1n) is 5.47. The van der Waals surface area contributed by atoms with Crippen LogP contribution < -0.4 is 0 Å². The molecule has 0 aromatic rings. The van der Waals surface area contributed by atoms with Crippen LogP contribution in [0.5, 0.6) is 0 Å². The lowest BCUT2D eigenvalue weighted by Gasteiger charge is -2.26. The second kappa shape index (κ2) is 6.32. The molecular weight excluding hydrogens is 202 g/mol. The van der Waals surface area contributed by atoms with Crippen molar-refractivity contribution in [3.05, 3.63) is 11.6 Å². The van der Waals surface area contributed by atoms with Gasteiger partial charge in [0.05, 0.1) is 18.4 Å². The van der Waals surface area contributed by atoms with Gasteiger partial charge in [-0.05, 0) is 19.3 Å². The Hall–Kier alpha value is -1.30. The quantitative estimate of drug-likeness (QED) is 0.418. The molecule has 0 saturated carbocycles. The van der Waals surface area contributed by atoms with Gasteiger partial charge in [-0.3, -0.25) is 4.79 Å². The molecule has 90 valence electrons. The lowest BCUT2D eigenvalue weighted by Crippen LogP contribution is -2.29. The van der Waals surface area contributed by atoms with Crippen LogP contribution in [0.1, 0.15) is 41.0 Å². The SMILES string of the molecule is CC(C)=CC(C(=O)OCCC#N)C(C)(C)C. The van der Waals surface area contributed by atoms with Gasteiger partial charge in [0, 0.05) is 0 Å². The topological polar surface area (TPSA) is 50.1 Å². The number of allylic oxidation sites excluding steroid dienone is 1. The number of hydrogen-bond donors (Lipinski definition) is 0. The molecule has 0 aromatic carbocycles. The zero-order valence-electron chi connectivity index (χ0n) is 10.8. The third kappa shape index (κ3) is 5.55. The maximum absolute atomic E-state index is 11.8. The zero-order chi connectivity index (χ0) is 12.8. The molecule has 0 bridgehead atoms. The van der Waals surface area contributed by atoms with Crippen LogP contribution in [0.4, 0.5) is 0 Å². The fourth-order valence-electron chi connectivity index (χ4n) is 1.29. The van der Waals surface area contributed by atoms with Crippen molar-refractivity contribution in [1.82, 2.24) is 0 Å². The third-order valence-electron chi connectivity index (χ3n) is 2.15. The second-order valence-electron chi connectivity index (χ2n) is 5.16. The van der Waals surface area contributed by atoms with Crippen molar-refractivity contribution < 1.29 is 9.53 Å². The number of nitriles is 1. The van der Waals surface area contributed by atoms with Crippen LogP contribution in [0.2, 0.25) is 0 Å². The molecule has 3 nitrogen and oxygen atoms in total. The van der Waals surface area contributed by atoms with E-state index < -0.39 is 0 Å². The van der Waals surface area contributed by atoms with Crippen LogP contribution in [-0.4, -0.2) is 12.6 Å². The molecule has 0 N–H and O–H groups in total. The number of ether oxygens (including phenoxy) is 1. The molecule has 1 atom stereocenters. The summed E-state index contributed by atoms with van der Waals surface area (Å²) < 4.78 is 5.07. The molecule has 0 fully saturated rings. The van der Waals surface area contributed by atoms with E-state index in [0.29, 0.717) is 0 Å². The molecular formula is C13H21NO2. The van der Waals surface area contributed by atoms with Gasteiger partial charge < -0.3 is 4.74 Å². The molecule has 0 aliphatic rings. The predicted octanol–water partition coefficient (Wildman–Crippen LogP) is 3.07. The Morgan fingerprint density at radius 2 is 2.00 bits per heavy atom. The minimum absolute atomic E-state index is 0.166. The van der Waals surface area contributed by atoms with E-state index in [9.17, 15) is 4.79 Å². The van der Waals surface area contributed by atoms with Gasteiger partial charge in [-0.15, -0.1) is 0 Å². The normalized spacial score (nSPS) is 12.5. The summed E-state index contributed by atoms with van der Waals surface area (Å²) in [6.45, 7) is 10.1. The van der Waals surface area contributed by atoms with Crippen molar-refractivity contribution in [2.24, 2.45) is 11.3 Å². The average Bonchev–Trinajstić information content (AvgIpc) is 2.12. The fraction of sp³-hybridized carbons (Fsp3) is 0.692. The van der Waals surface area contributed by atoms with Gasteiger partial charge >= 0.3 is 5.97 Å². The van der Waals surface area contributed by atoms with Gasteiger partial charge in [-0.2, -0.15) is 5.26 Å². The van der Waals surface area contributed by atoms with Crippen molar-refractivity contribution in [3.63, 3.8) is 0 Å². The van der Waals surface area contributed by atoms with E-state index in [-0.39, 0.29) is 30.3 Å². The monoisotopic (exact) mass is 223 g/mol. The van der Waals surface area contributed by atoms with Crippen LogP contribution in [0.25, 0.3) is 0 Å². The molecule has 0 saturated heterocycles. The van der Waals surface area contributed by atoms with Gasteiger partial charge in [0.15, 0.2) is 0 Å². The fourth-order valence-corrected chi connectivity index (χ4v) is 1.29. The molecule has 0 aliphatic heterocycles. The molecule has 16 heavy (non-hydrogen) atoms. The highest BCUT2D eigenvalue weighted by atomic mass is 16.5. The van der Waals surface area contributed by atoms with E-state index in [1.807, 2.05) is 46.8 Å². The van der Waals surface area contributed by atoms with Crippen LogP contribution >= 0.6 is 0 Å². The summed E-state index contributed by atoms with van der Waals surface area (Å²) in [6.07, 6.45) is 2.17. The molecule has 1 unspecified atom stereocenters. The zero-order valence-corrected chi connectivity index (χ0v) is 10.8. The summed E-state index contributed by atoms with van der Waals surface area (Å²) in [6, 6.07) is 1.95. The van der Waals surface area contributed by atoms with Gasteiger partial charge in [-0.25, -0.2) is 0 Å². The molecule has 0 heterocycles. The van der Waals surface area contributed by atoms with Crippen molar-refractivity contribution >= 4 is 5.97 Å². The number of nitrogens with zero attached hydrogens (tertiary/aromatic N) is 1. The summed E-state index contributed by atoms with van der Waals surface area (Å²) in [7, 11) is 0. The first-order valence-corrected chi connectivity index (χ1v) is 5.47. The first-order chi connectivity index (χ1) is 7.29. The van der Waals surface area contributed by atoms with Crippen molar-refractivity contribution in [3.8, 4) is 6.07 Å². The lowest BCUT2D eigenvalue weighted by atomic mass is 9.80. The lowest BCUT2D eigenvalue weighted by molar-refractivity contribution is -0.149. The summed E-state index contributed by atoms with van der Waals surface area (Å²) in [5, 5.41) is 8.37. The Morgan fingerprint density at radius 3 is 2.38 bits per heavy atom. The Kier molecular flexibility index (Phi) is 5.81. The molecule has 0 aliphatic carbocycles. The molecule has 0 radical (unpaired) electrons. The van der Waals surface area contributed by atoms with Crippen molar-refractivity contribution in [2.45, 2.75) is 41.0 Å². The Morgan fingerprint density at radius 1 is 1.44 bits per heavy atom. The molecule has 3 heteroatoms.